The van der Waals surface area contributed by atoms with Crippen molar-refractivity contribution in [2.75, 3.05) is 6.61 Å². The molecule has 4 rings (SSSR count). The third kappa shape index (κ3) is 7.83. The van der Waals surface area contributed by atoms with E-state index in [1.165, 1.54) is 10.8 Å². The van der Waals surface area contributed by atoms with Crippen LogP contribution in [0.3, 0.4) is 0 Å². The Labute approximate surface area is 238 Å². The SMILES string of the molecule is CCCCCC#Cc1cn([C@H]2C[C@H](OC(=O)c3ccc(C)cc3)[C@@H](COC(=O)c3ccc(C)cc3)O2)c(=O)[nH]c1=O. The van der Waals surface area contributed by atoms with Gasteiger partial charge in [0.2, 0.25) is 0 Å². The Balaban J connectivity index is 1.54. The maximum atomic E-state index is 12.9. The van der Waals surface area contributed by atoms with Gasteiger partial charge in [0.05, 0.1) is 11.1 Å². The van der Waals surface area contributed by atoms with Crippen LogP contribution in [0.25, 0.3) is 0 Å². The lowest BCUT2D eigenvalue weighted by atomic mass is 10.1. The van der Waals surface area contributed by atoms with Crippen molar-refractivity contribution in [2.45, 2.75) is 71.3 Å². The molecule has 1 aliphatic heterocycles. The maximum absolute atomic E-state index is 12.9. The first-order chi connectivity index (χ1) is 19.7. The standard InChI is InChI=1S/C32H34N2O7/c1-4-5-6-7-8-9-25-19-34(32(38)33-29(25)35)28-18-26(41-31(37)24-16-12-22(3)13-17-24)27(40-28)20-39-30(36)23-14-10-21(2)11-15-23/h10-17,19,26-28H,4-7,18,20H2,1-3H3,(H,33,35,38)/t26-,27+,28+/m0/s1. The van der Waals surface area contributed by atoms with E-state index in [-0.39, 0.29) is 18.6 Å². The Morgan fingerprint density at radius 3 is 2.24 bits per heavy atom. The minimum absolute atomic E-state index is 0.0969. The van der Waals surface area contributed by atoms with Crippen LogP contribution < -0.4 is 11.2 Å². The molecule has 0 saturated carbocycles. The number of aryl methyl sites for hydroxylation is 2. The quantitative estimate of drug-likeness (QED) is 0.234. The fraction of sp³-hybridized carbons (Fsp3) is 0.375. The number of benzene rings is 2. The highest BCUT2D eigenvalue weighted by molar-refractivity contribution is 5.90. The summed E-state index contributed by atoms with van der Waals surface area (Å²) in [5, 5.41) is 0. The largest absolute Gasteiger partial charge is 0.459 e. The molecule has 0 radical (unpaired) electrons. The van der Waals surface area contributed by atoms with Crippen LogP contribution >= 0.6 is 0 Å². The number of esters is 2. The Hall–Kier alpha value is -4.42. The number of rotatable bonds is 9. The van der Waals surface area contributed by atoms with E-state index in [1.807, 2.05) is 13.8 Å². The number of ether oxygens (including phenoxy) is 3. The van der Waals surface area contributed by atoms with E-state index < -0.39 is 41.6 Å². The number of nitrogens with one attached hydrogen (secondary N) is 1. The fourth-order valence-electron chi connectivity index (χ4n) is 4.38. The number of hydrogen-bond acceptors (Lipinski definition) is 7. The highest BCUT2D eigenvalue weighted by Gasteiger charge is 2.40. The summed E-state index contributed by atoms with van der Waals surface area (Å²) >= 11 is 0. The second-order valence-electron chi connectivity index (χ2n) is 10.1. The topological polar surface area (TPSA) is 117 Å². The number of unbranched alkanes of at least 4 members (excludes halogenated alkanes) is 3. The monoisotopic (exact) mass is 558 g/mol. The Kier molecular flexibility index (Phi) is 9.93. The van der Waals surface area contributed by atoms with Crippen LogP contribution in [0, 0.1) is 25.7 Å². The summed E-state index contributed by atoms with van der Waals surface area (Å²) in [5.41, 5.74) is 1.59. The third-order valence-corrected chi connectivity index (χ3v) is 6.80. The Morgan fingerprint density at radius 1 is 0.976 bits per heavy atom. The first-order valence-corrected chi connectivity index (χ1v) is 13.8. The van der Waals surface area contributed by atoms with Crippen molar-refractivity contribution < 1.29 is 23.8 Å². The van der Waals surface area contributed by atoms with Gasteiger partial charge in [-0.3, -0.25) is 14.3 Å². The van der Waals surface area contributed by atoms with Crippen LogP contribution in [0.15, 0.2) is 64.3 Å². The van der Waals surface area contributed by atoms with Crippen molar-refractivity contribution in [1.29, 1.82) is 0 Å². The highest BCUT2D eigenvalue weighted by atomic mass is 16.6. The van der Waals surface area contributed by atoms with Crippen molar-refractivity contribution in [1.82, 2.24) is 9.55 Å². The molecular formula is C32H34N2O7. The molecule has 9 nitrogen and oxygen atoms in total. The Morgan fingerprint density at radius 2 is 1.61 bits per heavy atom. The van der Waals surface area contributed by atoms with Gasteiger partial charge >= 0.3 is 17.6 Å². The predicted octanol–water partition coefficient (Wildman–Crippen LogP) is 4.46. The number of carbonyl (C=O) groups is 2. The number of H-pyrrole nitrogens is 1. The predicted molar refractivity (Wildman–Crippen MR) is 153 cm³/mol. The molecule has 0 aliphatic carbocycles. The number of hydrogen-bond donors (Lipinski definition) is 1. The normalized spacial score (nSPS) is 17.9. The van der Waals surface area contributed by atoms with E-state index in [9.17, 15) is 19.2 Å². The second kappa shape index (κ2) is 13.8. The van der Waals surface area contributed by atoms with Gasteiger partial charge in [0.1, 0.15) is 30.6 Å². The van der Waals surface area contributed by atoms with E-state index in [2.05, 4.69) is 23.7 Å². The van der Waals surface area contributed by atoms with E-state index in [0.29, 0.717) is 17.5 Å². The second-order valence-corrected chi connectivity index (χ2v) is 10.1. The van der Waals surface area contributed by atoms with E-state index in [0.717, 1.165) is 30.4 Å². The fourth-order valence-corrected chi connectivity index (χ4v) is 4.38. The molecule has 214 valence electrons. The van der Waals surface area contributed by atoms with Crippen LogP contribution in [0.1, 0.15) is 82.7 Å². The molecule has 0 bridgehead atoms. The molecule has 1 aliphatic rings. The first-order valence-electron chi connectivity index (χ1n) is 13.8. The van der Waals surface area contributed by atoms with Crippen LogP contribution in [-0.2, 0) is 14.2 Å². The van der Waals surface area contributed by atoms with Crippen LogP contribution in [-0.4, -0.2) is 40.3 Å². The molecule has 2 aromatic carbocycles. The molecule has 1 aromatic heterocycles. The molecule has 3 aromatic rings. The molecule has 2 heterocycles. The zero-order valence-electron chi connectivity index (χ0n) is 23.5. The first kappa shape index (κ1) is 29.6. The van der Waals surface area contributed by atoms with Crippen LogP contribution in [0.5, 0.6) is 0 Å². The number of aromatic amines is 1. The van der Waals surface area contributed by atoms with Gasteiger partial charge in [-0.05, 0) is 44.5 Å². The maximum Gasteiger partial charge on any atom is 0.338 e. The summed E-state index contributed by atoms with van der Waals surface area (Å²) in [7, 11) is 0. The van der Waals surface area contributed by atoms with Gasteiger partial charge in [0.15, 0.2) is 0 Å². The highest BCUT2D eigenvalue weighted by Crippen LogP contribution is 2.31. The summed E-state index contributed by atoms with van der Waals surface area (Å²) in [6, 6.07) is 13.9. The lowest BCUT2D eigenvalue weighted by Crippen LogP contribution is -2.34. The summed E-state index contributed by atoms with van der Waals surface area (Å²) in [5.74, 6) is 4.70. The summed E-state index contributed by atoms with van der Waals surface area (Å²) in [6.45, 7) is 5.71. The van der Waals surface area contributed by atoms with E-state index in [1.54, 1.807) is 48.5 Å². The number of aromatic nitrogens is 2. The molecule has 1 saturated heterocycles. The van der Waals surface area contributed by atoms with Crippen LogP contribution in [0.4, 0.5) is 0 Å². The van der Waals surface area contributed by atoms with Gasteiger partial charge in [-0.25, -0.2) is 14.4 Å². The minimum Gasteiger partial charge on any atom is -0.459 e. The lowest BCUT2D eigenvalue weighted by Gasteiger charge is -2.19. The van der Waals surface area contributed by atoms with Gasteiger partial charge < -0.3 is 14.2 Å². The van der Waals surface area contributed by atoms with Gasteiger partial charge in [-0.1, -0.05) is 67.0 Å². The number of nitrogens with zero attached hydrogens (tertiary/aromatic N) is 1. The molecule has 3 atom stereocenters. The smallest absolute Gasteiger partial charge is 0.338 e. The summed E-state index contributed by atoms with van der Waals surface area (Å²) in [4.78, 5) is 53.0. The molecular weight excluding hydrogens is 524 g/mol. The zero-order valence-corrected chi connectivity index (χ0v) is 23.5. The molecule has 1 fully saturated rings. The van der Waals surface area contributed by atoms with Crippen molar-refractivity contribution in [2.24, 2.45) is 0 Å². The summed E-state index contributed by atoms with van der Waals surface area (Å²) < 4.78 is 18.6. The zero-order chi connectivity index (χ0) is 29.4. The molecule has 9 heteroatoms. The average molecular weight is 559 g/mol. The van der Waals surface area contributed by atoms with Crippen molar-refractivity contribution in [3.8, 4) is 11.8 Å². The van der Waals surface area contributed by atoms with Gasteiger partial charge in [-0.15, -0.1) is 0 Å². The number of carbonyl (C=O) groups excluding carboxylic acids is 2. The van der Waals surface area contributed by atoms with Crippen molar-refractivity contribution in [3.05, 3.63) is 103 Å². The molecule has 0 amide bonds. The van der Waals surface area contributed by atoms with Gasteiger partial charge in [0.25, 0.3) is 5.56 Å². The van der Waals surface area contributed by atoms with Gasteiger partial charge in [-0.2, -0.15) is 0 Å². The van der Waals surface area contributed by atoms with Crippen LogP contribution in [0.2, 0.25) is 0 Å². The summed E-state index contributed by atoms with van der Waals surface area (Å²) in [6.07, 6.45) is 2.54. The lowest BCUT2D eigenvalue weighted by molar-refractivity contribution is -0.0582. The molecule has 0 unspecified atom stereocenters. The minimum atomic E-state index is -0.890. The Bertz CT molecular complexity index is 1540. The average Bonchev–Trinajstić information content (AvgIpc) is 3.35. The van der Waals surface area contributed by atoms with E-state index >= 15 is 0 Å². The van der Waals surface area contributed by atoms with Crippen molar-refractivity contribution >= 4 is 11.9 Å². The molecule has 41 heavy (non-hydrogen) atoms. The van der Waals surface area contributed by atoms with Crippen molar-refractivity contribution in [3.63, 3.8) is 0 Å². The molecule has 1 N–H and O–H groups in total. The third-order valence-electron chi connectivity index (χ3n) is 6.80. The van der Waals surface area contributed by atoms with Gasteiger partial charge in [0, 0.05) is 19.0 Å². The van der Waals surface area contributed by atoms with E-state index in [4.69, 9.17) is 14.2 Å². The molecule has 0 spiro atoms.